The van der Waals surface area contributed by atoms with Crippen LogP contribution in [0, 0.1) is 6.92 Å². The normalized spacial score (nSPS) is 17.9. The van der Waals surface area contributed by atoms with Gasteiger partial charge in [-0.2, -0.15) is 5.10 Å². The van der Waals surface area contributed by atoms with Gasteiger partial charge in [0.2, 0.25) is 0 Å². The third kappa shape index (κ3) is 2.86. The lowest BCUT2D eigenvalue weighted by Crippen LogP contribution is -2.40. The molecular formula is C14H26N4O. The molecule has 5 heteroatoms. The van der Waals surface area contributed by atoms with Gasteiger partial charge < -0.3 is 15.7 Å². The summed E-state index contributed by atoms with van der Waals surface area (Å²) >= 11 is 0. The highest BCUT2D eigenvalue weighted by atomic mass is 16.3. The zero-order chi connectivity index (χ0) is 14.0. The lowest BCUT2D eigenvalue weighted by molar-refractivity contribution is 0.0556. The second kappa shape index (κ2) is 5.41. The fraction of sp³-hybridized carbons (Fsp3) is 0.786. The van der Waals surface area contributed by atoms with E-state index in [1.165, 1.54) is 0 Å². The van der Waals surface area contributed by atoms with Crippen molar-refractivity contribution in [1.82, 2.24) is 9.78 Å². The van der Waals surface area contributed by atoms with Crippen LogP contribution in [0.2, 0.25) is 0 Å². The highest BCUT2D eigenvalue weighted by Gasteiger charge is 2.33. The maximum absolute atomic E-state index is 10.5. The Kier molecular flexibility index (Phi) is 4.04. The Morgan fingerprint density at radius 1 is 1.42 bits per heavy atom. The standard InChI is InChI=1S/C14H26N4O/c1-4-9-18-13(12(15)11(2)16-18)17(3)10-14(19)7-5-6-8-14/h19H,4-10,15H2,1-3H3. The van der Waals surface area contributed by atoms with Gasteiger partial charge in [0.15, 0.2) is 5.82 Å². The van der Waals surface area contributed by atoms with Gasteiger partial charge >= 0.3 is 0 Å². The molecule has 0 unspecified atom stereocenters. The molecule has 1 aliphatic carbocycles. The van der Waals surface area contributed by atoms with Crippen LogP contribution >= 0.6 is 0 Å². The summed E-state index contributed by atoms with van der Waals surface area (Å²) in [5, 5.41) is 15.0. The molecule has 19 heavy (non-hydrogen) atoms. The summed E-state index contributed by atoms with van der Waals surface area (Å²) in [4.78, 5) is 2.07. The van der Waals surface area contributed by atoms with E-state index in [0.29, 0.717) is 6.54 Å². The minimum absolute atomic E-state index is 0.559. The third-order valence-corrected chi connectivity index (χ3v) is 4.01. The summed E-state index contributed by atoms with van der Waals surface area (Å²) in [7, 11) is 2.00. The fourth-order valence-electron chi connectivity index (χ4n) is 3.06. The molecule has 0 saturated heterocycles. The molecule has 1 fully saturated rings. The van der Waals surface area contributed by atoms with Crippen LogP contribution in [0.3, 0.4) is 0 Å². The van der Waals surface area contributed by atoms with Crippen LogP contribution in [0.1, 0.15) is 44.7 Å². The van der Waals surface area contributed by atoms with Crippen molar-refractivity contribution < 1.29 is 5.11 Å². The molecule has 108 valence electrons. The monoisotopic (exact) mass is 266 g/mol. The van der Waals surface area contributed by atoms with Crippen LogP contribution in [-0.4, -0.2) is 34.1 Å². The minimum atomic E-state index is -0.559. The SMILES string of the molecule is CCCn1nc(C)c(N)c1N(C)CC1(O)CCCC1. The van der Waals surface area contributed by atoms with Gasteiger partial charge in [-0.1, -0.05) is 19.8 Å². The molecule has 5 nitrogen and oxygen atoms in total. The molecule has 0 aliphatic heterocycles. The van der Waals surface area contributed by atoms with E-state index in [1.54, 1.807) is 0 Å². The molecular weight excluding hydrogens is 240 g/mol. The summed E-state index contributed by atoms with van der Waals surface area (Å²) < 4.78 is 1.96. The predicted octanol–water partition coefficient (Wildman–Crippen LogP) is 1.93. The van der Waals surface area contributed by atoms with Gasteiger partial charge in [0.05, 0.1) is 17.0 Å². The average Bonchev–Trinajstić information content (AvgIpc) is 2.86. The van der Waals surface area contributed by atoms with Gasteiger partial charge in [0, 0.05) is 20.1 Å². The molecule has 0 aromatic carbocycles. The Morgan fingerprint density at radius 3 is 2.63 bits per heavy atom. The fourth-order valence-corrected chi connectivity index (χ4v) is 3.06. The van der Waals surface area contributed by atoms with Crippen LogP contribution in [0.5, 0.6) is 0 Å². The first kappa shape index (κ1) is 14.2. The smallest absolute Gasteiger partial charge is 0.150 e. The molecule has 1 saturated carbocycles. The zero-order valence-corrected chi connectivity index (χ0v) is 12.3. The quantitative estimate of drug-likeness (QED) is 0.854. The number of nitrogens with two attached hydrogens (primary N) is 1. The van der Waals surface area contributed by atoms with E-state index in [-0.39, 0.29) is 0 Å². The number of aliphatic hydroxyl groups is 1. The topological polar surface area (TPSA) is 67.3 Å². The molecule has 0 bridgehead atoms. The Balaban J connectivity index is 2.20. The van der Waals surface area contributed by atoms with Gasteiger partial charge in [0.25, 0.3) is 0 Å². The van der Waals surface area contributed by atoms with Crippen molar-refractivity contribution in [2.45, 2.75) is 58.1 Å². The van der Waals surface area contributed by atoms with Crippen molar-refractivity contribution in [2.75, 3.05) is 24.2 Å². The summed E-state index contributed by atoms with van der Waals surface area (Å²) in [5.74, 6) is 0.944. The van der Waals surface area contributed by atoms with Crippen molar-refractivity contribution in [3.8, 4) is 0 Å². The zero-order valence-electron chi connectivity index (χ0n) is 12.3. The lowest BCUT2D eigenvalue weighted by Gasteiger charge is -2.30. The number of aromatic nitrogens is 2. The molecule has 1 heterocycles. The molecule has 0 radical (unpaired) electrons. The first-order valence-electron chi connectivity index (χ1n) is 7.23. The summed E-state index contributed by atoms with van der Waals surface area (Å²) in [6.45, 7) is 5.55. The number of rotatable bonds is 5. The number of hydrogen-bond donors (Lipinski definition) is 2. The molecule has 1 aromatic rings. The molecule has 0 amide bonds. The molecule has 3 N–H and O–H groups in total. The Morgan fingerprint density at radius 2 is 2.05 bits per heavy atom. The third-order valence-electron chi connectivity index (χ3n) is 4.01. The number of anilines is 2. The van der Waals surface area contributed by atoms with Crippen LogP contribution in [0.4, 0.5) is 11.5 Å². The lowest BCUT2D eigenvalue weighted by atomic mass is 10.0. The van der Waals surface area contributed by atoms with Crippen molar-refractivity contribution in [3.63, 3.8) is 0 Å². The van der Waals surface area contributed by atoms with Crippen molar-refractivity contribution in [2.24, 2.45) is 0 Å². The molecule has 2 rings (SSSR count). The van der Waals surface area contributed by atoms with Crippen LogP contribution in [-0.2, 0) is 6.54 Å². The second-order valence-electron chi connectivity index (χ2n) is 5.83. The second-order valence-corrected chi connectivity index (χ2v) is 5.83. The van der Waals surface area contributed by atoms with E-state index >= 15 is 0 Å². The first-order chi connectivity index (χ1) is 8.97. The number of nitrogens with zero attached hydrogens (tertiary/aromatic N) is 3. The Bertz CT molecular complexity index is 435. The molecule has 0 spiro atoms. The average molecular weight is 266 g/mol. The molecule has 0 atom stereocenters. The number of nitrogen functional groups attached to an aromatic ring is 1. The minimum Gasteiger partial charge on any atom is -0.394 e. The van der Waals surface area contributed by atoms with Gasteiger partial charge in [-0.15, -0.1) is 0 Å². The van der Waals surface area contributed by atoms with E-state index in [4.69, 9.17) is 5.73 Å². The van der Waals surface area contributed by atoms with Crippen molar-refractivity contribution in [3.05, 3.63) is 5.69 Å². The van der Waals surface area contributed by atoms with E-state index < -0.39 is 5.60 Å². The van der Waals surface area contributed by atoms with E-state index in [2.05, 4.69) is 16.9 Å². The number of likely N-dealkylation sites (N-methyl/N-ethyl adjacent to an activating group) is 1. The largest absolute Gasteiger partial charge is 0.394 e. The summed E-state index contributed by atoms with van der Waals surface area (Å²) in [6.07, 6.45) is 5.03. The highest BCUT2D eigenvalue weighted by molar-refractivity contribution is 5.66. The van der Waals surface area contributed by atoms with Crippen molar-refractivity contribution in [1.29, 1.82) is 0 Å². The van der Waals surface area contributed by atoms with E-state index in [0.717, 1.165) is 55.8 Å². The van der Waals surface area contributed by atoms with Crippen LogP contribution in [0.25, 0.3) is 0 Å². The number of hydrogen-bond acceptors (Lipinski definition) is 4. The number of aryl methyl sites for hydroxylation is 2. The van der Waals surface area contributed by atoms with Crippen LogP contribution < -0.4 is 10.6 Å². The van der Waals surface area contributed by atoms with Crippen molar-refractivity contribution >= 4 is 11.5 Å². The van der Waals surface area contributed by atoms with E-state index in [1.807, 2.05) is 18.7 Å². The Labute approximate surface area is 115 Å². The molecule has 1 aliphatic rings. The maximum Gasteiger partial charge on any atom is 0.150 e. The molecule has 1 aromatic heterocycles. The Hall–Kier alpha value is -1.23. The van der Waals surface area contributed by atoms with Gasteiger partial charge in [-0.25, -0.2) is 4.68 Å². The predicted molar refractivity (Wildman–Crippen MR) is 78.4 cm³/mol. The summed E-state index contributed by atoms with van der Waals surface area (Å²) in [5.41, 5.74) is 7.19. The van der Waals surface area contributed by atoms with Gasteiger partial charge in [0.1, 0.15) is 0 Å². The van der Waals surface area contributed by atoms with Crippen LogP contribution in [0.15, 0.2) is 0 Å². The van der Waals surface area contributed by atoms with Gasteiger partial charge in [-0.05, 0) is 26.2 Å². The highest BCUT2D eigenvalue weighted by Crippen LogP contribution is 2.33. The summed E-state index contributed by atoms with van der Waals surface area (Å²) in [6, 6.07) is 0. The maximum atomic E-state index is 10.5. The van der Waals surface area contributed by atoms with E-state index in [9.17, 15) is 5.11 Å². The first-order valence-corrected chi connectivity index (χ1v) is 7.23. The van der Waals surface area contributed by atoms with Gasteiger partial charge in [-0.3, -0.25) is 0 Å².